The molecule has 0 fully saturated rings. The van der Waals surface area contributed by atoms with Crippen molar-refractivity contribution in [1.82, 2.24) is 0 Å². The molecular formula is C10H8Cl2N2O3. The second-order valence-corrected chi connectivity index (χ2v) is 4.40. The van der Waals surface area contributed by atoms with E-state index in [-0.39, 0.29) is 19.0 Å². The maximum Gasteiger partial charge on any atom is 0.323 e. The smallest absolute Gasteiger partial charge is 0.323 e. The van der Waals surface area contributed by atoms with E-state index in [1.165, 1.54) is 11.0 Å². The lowest BCUT2D eigenvalue weighted by molar-refractivity contribution is -0.135. The third-order valence-corrected chi connectivity index (χ3v) is 3.04. The number of nitrogens with zero attached hydrogens (tertiary/aromatic N) is 1. The van der Waals surface area contributed by atoms with Gasteiger partial charge in [0.2, 0.25) is 5.91 Å². The van der Waals surface area contributed by atoms with Crippen LogP contribution < -0.4 is 10.2 Å². The first-order valence-corrected chi connectivity index (χ1v) is 5.48. The molecular weight excluding hydrogens is 267 g/mol. The minimum absolute atomic E-state index is 0.0166. The van der Waals surface area contributed by atoms with E-state index in [1.807, 2.05) is 0 Å². The summed E-state index contributed by atoms with van der Waals surface area (Å²) >= 11 is 11.7. The molecule has 2 N–H and O–H groups in total. The van der Waals surface area contributed by atoms with Crippen LogP contribution in [-0.2, 0) is 9.59 Å². The molecule has 0 aliphatic carbocycles. The van der Waals surface area contributed by atoms with Crippen LogP contribution in [0.15, 0.2) is 12.1 Å². The zero-order valence-corrected chi connectivity index (χ0v) is 10.0. The summed E-state index contributed by atoms with van der Waals surface area (Å²) in [6.07, 6.45) is 0. The fraction of sp³-hybridized carbons (Fsp3) is 0.200. The molecule has 1 aromatic carbocycles. The Balaban J connectivity index is 2.44. The van der Waals surface area contributed by atoms with Crippen LogP contribution in [0.3, 0.4) is 0 Å². The highest BCUT2D eigenvalue weighted by Crippen LogP contribution is 2.36. The van der Waals surface area contributed by atoms with Gasteiger partial charge < -0.3 is 15.3 Å². The average Bonchev–Trinajstić information content (AvgIpc) is 2.20. The number of carbonyl (C=O) groups is 2. The van der Waals surface area contributed by atoms with Crippen molar-refractivity contribution in [3.8, 4) is 0 Å². The number of aliphatic carboxylic acids is 1. The van der Waals surface area contributed by atoms with Gasteiger partial charge in [0.25, 0.3) is 0 Å². The molecule has 17 heavy (non-hydrogen) atoms. The molecule has 7 heteroatoms. The topological polar surface area (TPSA) is 69.6 Å². The second-order valence-electron chi connectivity index (χ2n) is 3.58. The predicted octanol–water partition coefficient (Wildman–Crippen LogP) is 1.84. The highest BCUT2D eigenvalue weighted by atomic mass is 35.5. The average molecular weight is 275 g/mol. The summed E-state index contributed by atoms with van der Waals surface area (Å²) in [6.45, 7) is -0.282. The van der Waals surface area contributed by atoms with Crippen LogP contribution in [0.2, 0.25) is 10.0 Å². The largest absolute Gasteiger partial charge is 0.480 e. The molecule has 0 radical (unpaired) electrons. The van der Waals surface area contributed by atoms with E-state index >= 15 is 0 Å². The van der Waals surface area contributed by atoms with E-state index in [0.717, 1.165) is 0 Å². The van der Waals surface area contributed by atoms with Gasteiger partial charge in [-0.2, -0.15) is 0 Å². The van der Waals surface area contributed by atoms with Crippen LogP contribution in [-0.4, -0.2) is 30.1 Å². The molecule has 1 aliphatic heterocycles. The van der Waals surface area contributed by atoms with Crippen molar-refractivity contribution in [2.45, 2.75) is 0 Å². The Hall–Kier alpha value is -1.46. The number of nitrogens with one attached hydrogen (secondary N) is 1. The van der Waals surface area contributed by atoms with Crippen molar-refractivity contribution in [2.24, 2.45) is 0 Å². The Morgan fingerprint density at radius 3 is 2.71 bits per heavy atom. The molecule has 0 unspecified atom stereocenters. The maximum atomic E-state index is 11.4. The third kappa shape index (κ3) is 2.45. The number of fused-ring (bicyclic) bond motifs is 1. The summed E-state index contributed by atoms with van der Waals surface area (Å²) in [4.78, 5) is 23.5. The van der Waals surface area contributed by atoms with Gasteiger partial charge in [0.15, 0.2) is 0 Å². The van der Waals surface area contributed by atoms with Gasteiger partial charge in [0.05, 0.1) is 28.0 Å². The highest BCUT2D eigenvalue weighted by Gasteiger charge is 2.24. The molecule has 1 aliphatic rings. The molecule has 0 saturated heterocycles. The summed E-state index contributed by atoms with van der Waals surface area (Å²) in [5, 5.41) is 12.0. The van der Waals surface area contributed by atoms with Gasteiger partial charge in [-0.15, -0.1) is 0 Å². The summed E-state index contributed by atoms with van der Waals surface area (Å²) in [7, 11) is 0. The lowest BCUT2D eigenvalue weighted by atomic mass is 10.2. The fourth-order valence-corrected chi connectivity index (χ4v) is 1.97. The Morgan fingerprint density at radius 2 is 2.06 bits per heavy atom. The van der Waals surface area contributed by atoms with E-state index in [0.29, 0.717) is 21.4 Å². The van der Waals surface area contributed by atoms with E-state index in [9.17, 15) is 9.59 Å². The predicted molar refractivity (Wildman–Crippen MR) is 64.9 cm³/mol. The van der Waals surface area contributed by atoms with Crippen LogP contribution in [0.25, 0.3) is 0 Å². The Morgan fingerprint density at radius 1 is 1.41 bits per heavy atom. The van der Waals surface area contributed by atoms with Crippen molar-refractivity contribution >= 4 is 46.5 Å². The van der Waals surface area contributed by atoms with Crippen molar-refractivity contribution in [3.63, 3.8) is 0 Å². The first kappa shape index (κ1) is 12.0. The van der Waals surface area contributed by atoms with Gasteiger partial charge in [0, 0.05) is 0 Å². The zero-order valence-electron chi connectivity index (χ0n) is 8.54. The summed E-state index contributed by atoms with van der Waals surface area (Å²) < 4.78 is 0. The molecule has 5 nitrogen and oxygen atoms in total. The van der Waals surface area contributed by atoms with Crippen molar-refractivity contribution in [3.05, 3.63) is 22.2 Å². The van der Waals surface area contributed by atoms with Gasteiger partial charge in [-0.1, -0.05) is 23.2 Å². The molecule has 0 atom stereocenters. The van der Waals surface area contributed by atoms with E-state index in [2.05, 4.69) is 5.32 Å². The standard InChI is InChI=1S/C10H8Cl2N2O3/c11-5-1-7-8(2-6(5)12)14(4-10(16)17)3-9(15)13-7/h1-2H,3-4H2,(H,13,15)(H,16,17). The lowest BCUT2D eigenvalue weighted by Crippen LogP contribution is -2.41. The van der Waals surface area contributed by atoms with Crippen molar-refractivity contribution in [2.75, 3.05) is 23.3 Å². The number of anilines is 2. The van der Waals surface area contributed by atoms with Gasteiger partial charge in [-0.25, -0.2) is 0 Å². The van der Waals surface area contributed by atoms with E-state index in [4.69, 9.17) is 28.3 Å². The van der Waals surface area contributed by atoms with Crippen LogP contribution in [0.5, 0.6) is 0 Å². The number of carbonyl (C=O) groups excluding carboxylic acids is 1. The first-order chi connectivity index (χ1) is 7.97. The number of benzene rings is 1. The van der Waals surface area contributed by atoms with Crippen LogP contribution in [0.1, 0.15) is 0 Å². The lowest BCUT2D eigenvalue weighted by Gasteiger charge is -2.29. The minimum Gasteiger partial charge on any atom is -0.480 e. The monoisotopic (exact) mass is 274 g/mol. The number of hydrogen-bond acceptors (Lipinski definition) is 3. The molecule has 0 aromatic heterocycles. The van der Waals surface area contributed by atoms with E-state index < -0.39 is 5.97 Å². The van der Waals surface area contributed by atoms with E-state index in [1.54, 1.807) is 6.07 Å². The van der Waals surface area contributed by atoms with Crippen molar-refractivity contribution < 1.29 is 14.7 Å². The second kappa shape index (κ2) is 4.43. The van der Waals surface area contributed by atoms with Gasteiger partial charge in [0.1, 0.15) is 6.54 Å². The Labute approximate surface area is 107 Å². The maximum absolute atomic E-state index is 11.4. The zero-order chi connectivity index (χ0) is 12.6. The number of carboxylic acids is 1. The quantitative estimate of drug-likeness (QED) is 0.864. The number of hydrogen-bond donors (Lipinski definition) is 2. The number of carboxylic acid groups (broad SMARTS) is 1. The molecule has 0 bridgehead atoms. The van der Waals surface area contributed by atoms with Gasteiger partial charge >= 0.3 is 5.97 Å². The first-order valence-electron chi connectivity index (χ1n) is 4.73. The number of amides is 1. The van der Waals surface area contributed by atoms with Crippen LogP contribution >= 0.6 is 23.2 Å². The van der Waals surface area contributed by atoms with Crippen molar-refractivity contribution in [1.29, 1.82) is 0 Å². The number of rotatable bonds is 2. The molecule has 1 heterocycles. The van der Waals surface area contributed by atoms with Gasteiger partial charge in [-0.05, 0) is 12.1 Å². The SMILES string of the molecule is O=C(O)CN1CC(=O)Nc2cc(Cl)c(Cl)cc21. The molecule has 1 aromatic rings. The molecule has 0 saturated carbocycles. The molecule has 1 amide bonds. The molecule has 2 rings (SSSR count). The summed E-state index contributed by atoms with van der Waals surface area (Å²) in [5.41, 5.74) is 1.03. The molecule has 90 valence electrons. The molecule has 0 spiro atoms. The summed E-state index contributed by atoms with van der Waals surface area (Å²) in [6, 6.07) is 3.05. The van der Waals surface area contributed by atoms with Gasteiger partial charge in [-0.3, -0.25) is 9.59 Å². The van der Waals surface area contributed by atoms with Crippen LogP contribution in [0.4, 0.5) is 11.4 Å². The third-order valence-electron chi connectivity index (χ3n) is 2.31. The number of halogens is 2. The summed E-state index contributed by atoms with van der Waals surface area (Å²) in [5.74, 6) is -1.30. The Bertz CT molecular complexity index is 505. The fourth-order valence-electron chi connectivity index (χ4n) is 1.65. The minimum atomic E-state index is -1.02. The Kier molecular flexibility index (Phi) is 3.13. The van der Waals surface area contributed by atoms with Crippen LogP contribution in [0, 0.1) is 0 Å². The normalized spacial score (nSPS) is 14.2. The highest BCUT2D eigenvalue weighted by molar-refractivity contribution is 6.42.